The lowest BCUT2D eigenvalue weighted by Crippen LogP contribution is -2.67. The molecule has 0 radical (unpaired) electrons. The van der Waals surface area contributed by atoms with E-state index in [1.165, 1.54) is 0 Å². The maximum atomic E-state index is 15.4. The van der Waals surface area contributed by atoms with Gasteiger partial charge in [-0.3, -0.25) is 39.2 Å². The van der Waals surface area contributed by atoms with Crippen molar-refractivity contribution in [2.75, 3.05) is 53.8 Å². The summed E-state index contributed by atoms with van der Waals surface area (Å²) in [4.78, 5) is 73.1. The second kappa shape index (κ2) is 30.7. The van der Waals surface area contributed by atoms with E-state index in [0.717, 1.165) is 43.1 Å². The van der Waals surface area contributed by atoms with Crippen LogP contribution in [0.25, 0.3) is 43.1 Å². The molecule has 0 bridgehead atoms. The van der Waals surface area contributed by atoms with Crippen molar-refractivity contribution in [3.05, 3.63) is 291 Å². The molecule has 0 saturated carbocycles. The first-order chi connectivity index (χ1) is 52.8. The van der Waals surface area contributed by atoms with Crippen LogP contribution in [0.15, 0.2) is 291 Å². The van der Waals surface area contributed by atoms with Gasteiger partial charge in [-0.1, -0.05) is 221 Å². The average Bonchev–Trinajstić information content (AvgIpc) is 1.51. The number of carbonyl (C=O) groups is 4. The largest absolute Gasteiger partial charge is 0.473 e. The molecule has 0 atom stereocenters. The van der Waals surface area contributed by atoms with E-state index in [1.54, 1.807) is 39.2 Å². The van der Waals surface area contributed by atoms with Gasteiger partial charge in [0.15, 0.2) is 76.5 Å². The quantitative estimate of drug-likeness (QED) is 0.0456. The van der Waals surface area contributed by atoms with E-state index in [0.29, 0.717) is 71.7 Å². The molecule has 4 fully saturated rings. The molecule has 0 spiro atoms. The van der Waals surface area contributed by atoms with Crippen LogP contribution in [0, 0.1) is 0 Å². The molecule has 20 nitrogen and oxygen atoms in total. The third kappa shape index (κ3) is 13.2. The SMILES string of the molecule is CCCC12N(COc3ccc4ccccc4c3)C(=O)N(COc3ccc4ccccc4c3)C1(C)N(COc1ccc3ccccc3c1)C(=O)N2COc1ccc2ccccc2c1.CCCC12N(COc3ccccc3)C(=O)N(COc3ccccc3)C1(C)N(COc1ccccc1)C(=O)N2COc1ccccc1. The van der Waals surface area contributed by atoms with E-state index in [-0.39, 0.29) is 78.0 Å². The topological polar surface area (TPSA) is 168 Å². The molecule has 20 heteroatoms. The van der Waals surface area contributed by atoms with Crippen LogP contribution in [-0.4, -0.2) is 140 Å². The van der Waals surface area contributed by atoms with Crippen LogP contribution in [0.4, 0.5) is 19.2 Å². The second-order valence-electron chi connectivity index (χ2n) is 27.2. The normalized spacial score (nSPS) is 19.4. The highest BCUT2D eigenvalue weighted by molar-refractivity contribution is 5.91. The summed E-state index contributed by atoms with van der Waals surface area (Å²) in [5.74, 6) is 4.76. The lowest BCUT2D eigenvalue weighted by Gasteiger charge is -2.47. The maximum absolute atomic E-state index is 15.4. The van der Waals surface area contributed by atoms with Gasteiger partial charge in [0.25, 0.3) is 0 Å². The minimum absolute atomic E-state index is 0.108. The number of carbonyl (C=O) groups excluding carboxylic acids is 4. The highest BCUT2D eigenvalue weighted by Gasteiger charge is 2.78. The molecule has 548 valence electrons. The number of nitrogens with zero attached hydrogens (tertiary/aromatic N) is 8. The van der Waals surface area contributed by atoms with Gasteiger partial charge < -0.3 is 37.9 Å². The van der Waals surface area contributed by atoms with Crippen molar-refractivity contribution in [2.45, 2.75) is 76.0 Å². The van der Waals surface area contributed by atoms with E-state index >= 15 is 9.59 Å². The molecule has 12 aromatic carbocycles. The molecule has 8 amide bonds. The molecule has 0 unspecified atom stereocenters. The van der Waals surface area contributed by atoms with Gasteiger partial charge in [0, 0.05) is 0 Å². The molecule has 4 aliphatic heterocycles. The summed E-state index contributed by atoms with van der Waals surface area (Å²) in [6.07, 6.45) is 2.09. The number of hydrogen-bond acceptors (Lipinski definition) is 12. The number of para-hydroxylation sites is 4. The first-order valence-electron chi connectivity index (χ1n) is 36.4. The predicted molar refractivity (Wildman–Crippen MR) is 414 cm³/mol. The van der Waals surface area contributed by atoms with Gasteiger partial charge in [-0.25, -0.2) is 19.2 Å². The van der Waals surface area contributed by atoms with Crippen molar-refractivity contribution in [1.29, 1.82) is 0 Å². The molecule has 4 saturated heterocycles. The van der Waals surface area contributed by atoms with Crippen molar-refractivity contribution in [3.8, 4) is 46.0 Å². The Morgan fingerprint density at radius 1 is 0.222 bits per heavy atom. The Kier molecular flexibility index (Phi) is 20.1. The smallest absolute Gasteiger partial charge is 0.329 e. The Morgan fingerprint density at radius 3 is 0.620 bits per heavy atom. The fourth-order valence-corrected chi connectivity index (χ4v) is 15.7. The van der Waals surface area contributed by atoms with E-state index in [9.17, 15) is 9.59 Å². The highest BCUT2D eigenvalue weighted by Crippen LogP contribution is 2.56. The summed E-state index contributed by atoms with van der Waals surface area (Å²) in [6, 6.07) is 91.4. The minimum Gasteiger partial charge on any atom is -0.473 e. The lowest BCUT2D eigenvalue weighted by atomic mass is 9.89. The molecule has 0 aromatic heterocycles. The van der Waals surface area contributed by atoms with Crippen LogP contribution in [-0.2, 0) is 0 Å². The number of hydrogen-bond donors (Lipinski definition) is 0. The standard InChI is InChI=1S/C52H46N4O6.C36H38N4O6/c1-3-28-52-51(2,53(33-59-45-24-20-37-12-4-8-16-41(37)29-45)49(57)55(52)35-61-47-26-22-39-14-6-10-18-43(39)31-47)54(34-60-46-25-21-38-13-5-9-17-42(38)30-46)50(58)56(52)36-62-48-27-23-40-15-7-11-19-44(40)32-48;1-3-24-36-35(2,37(25-43-29-16-8-4-9-17-29)33(41)39(36)27-45-31-20-12-6-13-21-31)38(26-44-30-18-10-5-11-19-30)34(42)40(36)28-46-32-22-14-7-15-23-32/h4-27,29-32H,3,28,33-36H2,1-2H3;4-23H,3,24-28H2,1-2H3. The molecule has 12 aromatic rings. The summed E-state index contributed by atoms with van der Waals surface area (Å²) in [6.45, 7) is 6.83. The number of rotatable bonds is 28. The number of urea groups is 4. The Balaban J connectivity index is 0.000000180. The fraction of sp³-hybridized carbons (Fsp3) is 0.227. The van der Waals surface area contributed by atoms with Crippen molar-refractivity contribution in [1.82, 2.24) is 39.2 Å². The molecule has 4 heterocycles. The van der Waals surface area contributed by atoms with E-state index < -0.39 is 22.7 Å². The third-order valence-electron chi connectivity index (χ3n) is 21.2. The van der Waals surface area contributed by atoms with Crippen molar-refractivity contribution in [3.63, 3.8) is 0 Å². The van der Waals surface area contributed by atoms with E-state index in [2.05, 4.69) is 6.92 Å². The molecule has 0 N–H and O–H groups in total. The predicted octanol–water partition coefficient (Wildman–Crippen LogP) is 18.3. The van der Waals surface area contributed by atoms with E-state index in [1.807, 2.05) is 312 Å². The van der Waals surface area contributed by atoms with Crippen LogP contribution in [0.5, 0.6) is 46.0 Å². The molecule has 16 rings (SSSR count). The average molecular weight is 1450 g/mol. The number of amides is 8. The first kappa shape index (κ1) is 70.8. The van der Waals surface area contributed by atoms with Crippen LogP contribution in [0.2, 0.25) is 0 Å². The first-order valence-corrected chi connectivity index (χ1v) is 36.4. The lowest BCUT2D eigenvalue weighted by molar-refractivity contribution is -0.107. The van der Waals surface area contributed by atoms with E-state index in [4.69, 9.17) is 37.9 Å². The van der Waals surface area contributed by atoms with Crippen LogP contribution < -0.4 is 37.9 Å². The summed E-state index contributed by atoms with van der Waals surface area (Å²) >= 11 is 0. The minimum atomic E-state index is -1.36. The molecule has 0 aliphatic carbocycles. The fourth-order valence-electron chi connectivity index (χ4n) is 15.7. The van der Waals surface area contributed by atoms with Crippen molar-refractivity contribution >= 4 is 67.2 Å². The van der Waals surface area contributed by atoms with Gasteiger partial charge in [-0.05, 0) is 167 Å². The molecule has 4 aliphatic rings. The molecular formula is C88H84N8O12. The Hall–Kier alpha value is -12.8. The summed E-state index contributed by atoms with van der Waals surface area (Å²) in [5, 5.41) is 8.33. The van der Waals surface area contributed by atoms with Crippen molar-refractivity contribution in [2.24, 2.45) is 0 Å². The van der Waals surface area contributed by atoms with Gasteiger partial charge in [-0.15, -0.1) is 0 Å². The Bertz CT molecular complexity index is 4880. The number of ether oxygens (including phenoxy) is 8. The zero-order valence-electron chi connectivity index (χ0n) is 60.7. The summed E-state index contributed by atoms with van der Waals surface area (Å²) in [7, 11) is 0. The Morgan fingerprint density at radius 2 is 0.407 bits per heavy atom. The van der Waals surface area contributed by atoms with Crippen LogP contribution >= 0.6 is 0 Å². The summed E-state index contributed by atoms with van der Waals surface area (Å²) < 4.78 is 51.0. The summed E-state index contributed by atoms with van der Waals surface area (Å²) in [5.41, 5.74) is -5.16. The van der Waals surface area contributed by atoms with Gasteiger partial charge in [0.05, 0.1) is 0 Å². The van der Waals surface area contributed by atoms with Gasteiger partial charge in [0.2, 0.25) is 0 Å². The number of benzene rings is 12. The number of fused-ring (bicyclic) bond motifs is 6. The second-order valence-corrected chi connectivity index (χ2v) is 27.2. The molecule has 108 heavy (non-hydrogen) atoms. The maximum Gasteiger partial charge on any atom is 0.329 e. The van der Waals surface area contributed by atoms with Crippen molar-refractivity contribution < 1.29 is 57.1 Å². The monoisotopic (exact) mass is 1440 g/mol. The van der Waals surface area contributed by atoms with Gasteiger partial charge >= 0.3 is 24.1 Å². The zero-order chi connectivity index (χ0) is 74.2. The van der Waals surface area contributed by atoms with Gasteiger partial charge in [-0.2, -0.15) is 0 Å². The van der Waals surface area contributed by atoms with Crippen LogP contribution in [0.1, 0.15) is 53.4 Å². The third-order valence-corrected chi connectivity index (χ3v) is 21.2. The van der Waals surface area contributed by atoms with Crippen LogP contribution in [0.3, 0.4) is 0 Å². The molecular weight excluding hydrogens is 1360 g/mol. The highest BCUT2D eigenvalue weighted by atomic mass is 16.5. The Labute approximate surface area is 627 Å². The zero-order valence-corrected chi connectivity index (χ0v) is 60.7. The van der Waals surface area contributed by atoms with Gasteiger partial charge in [0.1, 0.15) is 46.0 Å².